The Labute approximate surface area is 195 Å². The maximum Gasteiger partial charge on any atom is 0.251 e. The van der Waals surface area contributed by atoms with Crippen LogP contribution in [0.5, 0.6) is 11.5 Å². The Morgan fingerprint density at radius 2 is 1.69 bits per heavy atom. The molecule has 2 aromatic carbocycles. The topological polar surface area (TPSA) is 50.8 Å². The third-order valence-corrected chi connectivity index (χ3v) is 6.68. The molecule has 0 saturated heterocycles. The summed E-state index contributed by atoms with van der Waals surface area (Å²) in [5.41, 5.74) is 4.70. The predicted octanol–water partition coefficient (Wildman–Crippen LogP) is 4.77. The molecule has 4 rings (SSSR count). The Bertz CT molecular complexity index is 987. The van der Waals surface area contributed by atoms with Gasteiger partial charge in [-0.05, 0) is 79.5 Å². The molecule has 0 saturated carbocycles. The fourth-order valence-electron chi connectivity index (χ4n) is 4.71. The van der Waals surface area contributed by atoms with E-state index in [0.29, 0.717) is 6.54 Å². The molecule has 6 heteroatoms. The number of nitrogens with one attached hydrogen (secondary N) is 1. The van der Waals surface area contributed by atoms with Gasteiger partial charge in [0.15, 0.2) is 11.5 Å². The SMILES string of the molecule is COc1ccc(CCNC2C3=C(CCCC3)C(=O)N2CCc2ccc(Cl)cc2)cc1OC. The summed E-state index contributed by atoms with van der Waals surface area (Å²) in [6.45, 7) is 1.48. The summed E-state index contributed by atoms with van der Waals surface area (Å²) in [4.78, 5) is 15.2. The average Bonchev–Trinajstić information content (AvgIpc) is 3.09. The van der Waals surface area contributed by atoms with Gasteiger partial charge < -0.3 is 14.4 Å². The Balaban J connectivity index is 1.43. The van der Waals surface area contributed by atoms with Gasteiger partial charge in [-0.3, -0.25) is 10.1 Å². The predicted molar refractivity (Wildman–Crippen MR) is 127 cm³/mol. The van der Waals surface area contributed by atoms with Gasteiger partial charge in [-0.15, -0.1) is 0 Å². The number of hydrogen-bond donors (Lipinski definition) is 1. The van der Waals surface area contributed by atoms with Crippen LogP contribution in [-0.2, 0) is 17.6 Å². The number of benzene rings is 2. The van der Waals surface area contributed by atoms with Crippen LogP contribution in [0.3, 0.4) is 0 Å². The second-order valence-corrected chi connectivity index (χ2v) is 8.82. The smallest absolute Gasteiger partial charge is 0.251 e. The lowest BCUT2D eigenvalue weighted by molar-refractivity contribution is -0.127. The van der Waals surface area contributed by atoms with E-state index in [1.54, 1.807) is 14.2 Å². The summed E-state index contributed by atoms with van der Waals surface area (Å²) in [6, 6.07) is 13.9. The second-order valence-electron chi connectivity index (χ2n) is 8.38. The fourth-order valence-corrected chi connectivity index (χ4v) is 4.83. The molecular formula is C26H31ClN2O3. The Morgan fingerprint density at radius 3 is 2.44 bits per heavy atom. The molecule has 1 amide bonds. The molecule has 0 spiro atoms. The molecule has 1 unspecified atom stereocenters. The van der Waals surface area contributed by atoms with Crippen molar-refractivity contribution in [2.24, 2.45) is 0 Å². The van der Waals surface area contributed by atoms with Gasteiger partial charge in [-0.1, -0.05) is 29.8 Å². The van der Waals surface area contributed by atoms with Crippen LogP contribution in [-0.4, -0.2) is 44.3 Å². The molecule has 1 aliphatic heterocycles. The number of methoxy groups -OCH3 is 2. The molecule has 1 atom stereocenters. The van der Waals surface area contributed by atoms with E-state index >= 15 is 0 Å². The molecule has 170 valence electrons. The number of ether oxygens (including phenoxy) is 2. The zero-order chi connectivity index (χ0) is 22.5. The second kappa shape index (κ2) is 10.4. The summed E-state index contributed by atoms with van der Waals surface area (Å²) in [5.74, 6) is 1.68. The van der Waals surface area contributed by atoms with Gasteiger partial charge in [-0.25, -0.2) is 0 Å². The quantitative estimate of drug-likeness (QED) is 0.593. The zero-order valence-electron chi connectivity index (χ0n) is 18.8. The normalized spacial score (nSPS) is 18.2. The first-order valence-corrected chi connectivity index (χ1v) is 11.7. The molecule has 2 aliphatic rings. The number of halogens is 1. The number of carbonyl (C=O) groups excluding carboxylic acids is 1. The van der Waals surface area contributed by atoms with Crippen molar-refractivity contribution in [1.82, 2.24) is 10.2 Å². The third kappa shape index (κ3) is 4.94. The van der Waals surface area contributed by atoms with Crippen LogP contribution in [0, 0.1) is 0 Å². The molecule has 0 aromatic heterocycles. The number of hydrogen-bond acceptors (Lipinski definition) is 4. The summed E-state index contributed by atoms with van der Waals surface area (Å²) in [6.07, 6.45) is 5.83. The lowest BCUT2D eigenvalue weighted by atomic mass is 9.92. The van der Waals surface area contributed by atoms with E-state index in [0.717, 1.165) is 67.2 Å². The largest absolute Gasteiger partial charge is 0.493 e. The van der Waals surface area contributed by atoms with Crippen LogP contribution in [0.4, 0.5) is 0 Å². The zero-order valence-corrected chi connectivity index (χ0v) is 19.6. The Kier molecular flexibility index (Phi) is 7.38. The lowest BCUT2D eigenvalue weighted by Gasteiger charge is -2.28. The van der Waals surface area contributed by atoms with Gasteiger partial charge in [0.2, 0.25) is 0 Å². The lowest BCUT2D eigenvalue weighted by Crippen LogP contribution is -2.47. The van der Waals surface area contributed by atoms with Crippen molar-refractivity contribution < 1.29 is 14.3 Å². The standard InChI is InChI=1S/C26H31ClN2O3/c1-31-23-12-9-19(17-24(23)32-2)13-15-28-25-21-5-3-4-6-22(21)26(30)29(25)16-14-18-7-10-20(27)11-8-18/h7-12,17,25,28H,3-6,13-16H2,1-2H3. The molecule has 32 heavy (non-hydrogen) atoms. The van der Waals surface area contributed by atoms with Crippen LogP contribution in [0.2, 0.25) is 5.02 Å². The van der Waals surface area contributed by atoms with Gasteiger partial charge in [0, 0.05) is 23.7 Å². The maximum absolute atomic E-state index is 13.2. The van der Waals surface area contributed by atoms with E-state index in [2.05, 4.69) is 11.4 Å². The van der Waals surface area contributed by atoms with Gasteiger partial charge in [-0.2, -0.15) is 0 Å². The molecule has 2 aromatic rings. The van der Waals surface area contributed by atoms with Crippen LogP contribution >= 0.6 is 11.6 Å². The van der Waals surface area contributed by atoms with Crippen LogP contribution in [0.15, 0.2) is 53.6 Å². The van der Waals surface area contributed by atoms with Gasteiger partial charge in [0.25, 0.3) is 5.91 Å². The number of nitrogens with zero attached hydrogens (tertiary/aromatic N) is 1. The monoisotopic (exact) mass is 454 g/mol. The van der Waals surface area contributed by atoms with E-state index in [9.17, 15) is 4.79 Å². The molecule has 1 heterocycles. The third-order valence-electron chi connectivity index (χ3n) is 6.43. The minimum absolute atomic E-state index is 0.00903. The first-order chi connectivity index (χ1) is 15.6. The Morgan fingerprint density at radius 1 is 0.969 bits per heavy atom. The van der Waals surface area contributed by atoms with Crippen LogP contribution in [0.1, 0.15) is 36.8 Å². The minimum atomic E-state index is -0.00903. The van der Waals surface area contributed by atoms with E-state index in [1.807, 2.05) is 41.3 Å². The molecule has 1 aliphatic carbocycles. The Hall–Kier alpha value is -2.50. The van der Waals surface area contributed by atoms with Gasteiger partial charge in [0.05, 0.1) is 14.2 Å². The number of amides is 1. The summed E-state index contributed by atoms with van der Waals surface area (Å²) < 4.78 is 10.8. The van der Waals surface area contributed by atoms with Crippen molar-refractivity contribution in [3.8, 4) is 11.5 Å². The highest BCUT2D eigenvalue weighted by atomic mass is 35.5. The van der Waals surface area contributed by atoms with Crippen molar-refractivity contribution in [1.29, 1.82) is 0 Å². The summed E-state index contributed by atoms with van der Waals surface area (Å²) in [7, 11) is 3.30. The van der Waals surface area contributed by atoms with Crippen LogP contribution in [0.25, 0.3) is 0 Å². The van der Waals surface area contributed by atoms with E-state index in [4.69, 9.17) is 21.1 Å². The van der Waals surface area contributed by atoms with Crippen molar-refractivity contribution in [2.45, 2.75) is 44.7 Å². The minimum Gasteiger partial charge on any atom is -0.493 e. The highest BCUT2D eigenvalue weighted by molar-refractivity contribution is 6.30. The van der Waals surface area contributed by atoms with E-state index < -0.39 is 0 Å². The van der Waals surface area contributed by atoms with E-state index in [1.165, 1.54) is 16.7 Å². The highest BCUT2D eigenvalue weighted by Crippen LogP contribution is 2.35. The summed E-state index contributed by atoms with van der Waals surface area (Å²) in [5, 5.41) is 4.41. The van der Waals surface area contributed by atoms with Gasteiger partial charge in [0.1, 0.15) is 6.17 Å². The highest BCUT2D eigenvalue weighted by Gasteiger charge is 2.38. The number of rotatable bonds is 9. The first-order valence-electron chi connectivity index (χ1n) is 11.3. The van der Waals surface area contributed by atoms with Crippen molar-refractivity contribution in [3.63, 3.8) is 0 Å². The van der Waals surface area contributed by atoms with Crippen molar-refractivity contribution >= 4 is 17.5 Å². The summed E-state index contributed by atoms with van der Waals surface area (Å²) >= 11 is 6.02. The van der Waals surface area contributed by atoms with Gasteiger partial charge >= 0.3 is 0 Å². The number of carbonyl (C=O) groups is 1. The molecule has 0 fully saturated rings. The van der Waals surface area contributed by atoms with E-state index in [-0.39, 0.29) is 12.1 Å². The van der Waals surface area contributed by atoms with Crippen molar-refractivity contribution in [2.75, 3.05) is 27.3 Å². The molecule has 5 nitrogen and oxygen atoms in total. The fraction of sp³-hybridized carbons (Fsp3) is 0.423. The molecule has 0 bridgehead atoms. The first kappa shape index (κ1) is 22.7. The maximum atomic E-state index is 13.2. The molecule has 1 N–H and O–H groups in total. The van der Waals surface area contributed by atoms with Crippen LogP contribution < -0.4 is 14.8 Å². The molecular weight excluding hydrogens is 424 g/mol. The average molecular weight is 455 g/mol. The van der Waals surface area contributed by atoms with Crippen molar-refractivity contribution in [3.05, 3.63) is 69.8 Å². The molecule has 0 radical (unpaired) electrons.